The van der Waals surface area contributed by atoms with Gasteiger partial charge in [0.1, 0.15) is 11.6 Å². The molecule has 168 valence electrons. The SMILES string of the molecule is CC1Oc2ccc(NC(=O)c3ccc4c(c3)OCO4)cc2CN(Cc2ccc(F)cc2)C1=O. The van der Waals surface area contributed by atoms with E-state index in [0.29, 0.717) is 41.6 Å². The Morgan fingerprint density at radius 2 is 1.79 bits per heavy atom. The number of nitrogens with zero attached hydrogens (tertiary/aromatic N) is 1. The summed E-state index contributed by atoms with van der Waals surface area (Å²) >= 11 is 0. The van der Waals surface area contributed by atoms with Crippen molar-refractivity contribution in [1.29, 1.82) is 0 Å². The Morgan fingerprint density at radius 3 is 2.61 bits per heavy atom. The summed E-state index contributed by atoms with van der Waals surface area (Å²) in [7, 11) is 0. The van der Waals surface area contributed by atoms with Crippen molar-refractivity contribution in [3.05, 3.63) is 83.2 Å². The Kier molecular flexibility index (Phi) is 5.34. The van der Waals surface area contributed by atoms with Crippen molar-refractivity contribution in [3.8, 4) is 17.2 Å². The second kappa shape index (κ2) is 8.46. The number of hydrogen-bond donors (Lipinski definition) is 1. The maximum absolute atomic E-state index is 13.3. The van der Waals surface area contributed by atoms with Gasteiger partial charge in [-0.3, -0.25) is 9.59 Å². The molecule has 0 radical (unpaired) electrons. The first-order valence-corrected chi connectivity index (χ1v) is 10.5. The van der Waals surface area contributed by atoms with E-state index >= 15 is 0 Å². The van der Waals surface area contributed by atoms with E-state index in [-0.39, 0.29) is 24.4 Å². The lowest BCUT2D eigenvalue weighted by atomic mass is 10.1. The molecule has 5 rings (SSSR count). The molecular weight excluding hydrogens is 427 g/mol. The van der Waals surface area contributed by atoms with Crippen LogP contribution < -0.4 is 19.5 Å². The van der Waals surface area contributed by atoms with Crippen molar-refractivity contribution < 1.29 is 28.2 Å². The number of benzene rings is 3. The highest BCUT2D eigenvalue weighted by molar-refractivity contribution is 6.04. The van der Waals surface area contributed by atoms with Gasteiger partial charge in [0.2, 0.25) is 6.79 Å². The molecule has 0 saturated heterocycles. The van der Waals surface area contributed by atoms with Gasteiger partial charge in [-0.25, -0.2) is 4.39 Å². The number of rotatable bonds is 4. The molecule has 3 aromatic carbocycles. The van der Waals surface area contributed by atoms with Gasteiger partial charge in [-0.2, -0.15) is 0 Å². The highest BCUT2D eigenvalue weighted by Crippen LogP contribution is 2.33. The molecule has 0 aromatic heterocycles. The summed E-state index contributed by atoms with van der Waals surface area (Å²) in [6, 6.07) is 16.3. The molecule has 2 heterocycles. The number of nitrogens with one attached hydrogen (secondary N) is 1. The Labute approximate surface area is 189 Å². The van der Waals surface area contributed by atoms with Gasteiger partial charge in [0.25, 0.3) is 11.8 Å². The standard InChI is InChI=1S/C25H21FN2O5/c1-15-25(30)28(12-16-2-5-19(26)6-3-16)13-18-10-20(7-9-21(18)33-15)27-24(29)17-4-8-22-23(11-17)32-14-31-22/h2-11,15H,12-14H2,1H3,(H,27,29). The Morgan fingerprint density at radius 1 is 1.03 bits per heavy atom. The maximum atomic E-state index is 13.3. The van der Waals surface area contributed by atoms with E-state index in [1.165, 1.54) is 12.1 Å². The van der Waals surface area contributed by atoms with E-state index < -0.39 is 6.10 Å². The first-order valence-electron chi connectivity index (χ1n) is 10.5. The molecule has 33 heavy (non-hydrogen) atoms. The van der Waals surface area contributed by atoms with E-state index in [1.807, 2.05) is 0 Å². The molecule has 1 atom stereocenters. The number of halogens is 1. The summed E-state index contributed by atoms with van der Waals surface area (Å²) in [5.74, 6) is 0.928. The van der Waals surface area contributed by atoms with Crippen molar-refractivity contribution in [3.63, 3.8) is 0 Å². The summed E-state index contributed by atoms with van der Waals surface area (Å²) in [6.45, 7) is 2.45. The number of anilines is 1. The molecule has 2 aliphatic rings. The molecule has 0 fully saturated rings. The summed E-state index contributed by atoms with van der Waals surface area (Å²) in [6.07, 6.45) is -0.666. The normalized spacial score (nSPS) is 16.6. The average molecular weight is 448 g/mol. The molecule has 1 N–H and O–H groups in total. The second-order valence-electron chi connectivity index (χ2n) is 7.93. The van der Waals surface area contributed by atoms with Crippen LogP contribution in [0.15, 0.2) is 60.7 Å². The summed E-state index contributed by atoms with van der Waals surface area (Å²) < 4.78 is 29.7. The lowest BCUT2D eigenvalue weighted by Gasteiger charge is -2.22. The van der Waals surface area contributed by atoms with E-state index in [1.54, 1.807) is 60.4 Å². The number of amides is 2. The zero-order valence-corrected chi connectivity index (χ0v) is 17.8. The maximum Gasteiger partial charge on any atom is 0.263 e. The Bertz CT molecular complexity index is 1230. The van der Waals surface area contributed by atoms with Crippen LogP contribution in [0.2, 0.25) is 0 Å². The monoisotopic (exact) mass is 448 g/mol. The predicted octanol–water partition coefficient (Wildman–Crippen LogP) is 4.12. The van der Waals surface area contributed by atoms with Gasteiger partial charge < -0.3 is 24.4 Å². The minimum atomic E-state index is -0.666. The Balaban J connectivity index is 1.36. The molecular formula is C25H21FN2O5. The van der Waals surface area contributed by atoms with Crippen LogP contribution in [-0.4, -0.2) is 29.6 Å². The van der Waals surface area contributed by atoms with Crippen molar-refractivity contribution in [1.82, 2.24) is 4.90 Å². The predicted molar refractivity (Wildman–Crippen MR) is 118 cm³/mol. The smallest absolute Gasteiger partial charge is 0.263 e. The minimum absolute atomic E-state index is 0.136. The van der Waals surface area contributed by atoms with E-state index in [0.717, 1.165) is 11.1 Å². The first kappa shape index (κ1) is 20.8. The van der Waals surface area contributed by atoms with Crippen LogP contribution >= 0.6 is 0 Å². The lowest BCUT2D eigenvalue weighted by Crippen LogP contribution is -2.37. The molecule has 0 saturated carbocycles. The third-order valence-corrected chi connectivity index (χ3v) is 5.56. The topological polar surface area (TPSA) is 77.1 Å². The third-order valence-electron chi connectivity index (χ3n) is 5.56. The molecule has 2 aliphatic heterocycles. The molecule has 3 aromatic rings. The van der Waals surface area contributed by atoms with Gasteiger partial charge in [-0.05, 0) is 61.0 Å². The highest BCUT2D eigenvalue weighted by Gasteiger charge is 2.28. The fraction of sp³-hybridized carbons (Fsp3) is 0.200. The van der Waals surface area contributed by atoms with Crippen molar-refractivity contribution in [2.75, 3.05) is 12.1 Å². The zero-order chi connectivity index (χ0) is 22.9. The van der Waals surface area contributed by atoms with Crippen LogP contribution in [0.1, 0.15) is 28.4 Å². The second-order valence-corrected chi connectivity index (χ2v) is 7.93. The van der Waals surface area contributed by atoms with Crippen LogP contribution in [0, 0.1) is 5.82 Å². The van der Waals surface area contributed by atoms with Crippen molar-refractivity contribution in [2.24, 2.45) is 0 Å². The minimum Gasteiger partial charge on any atom is -0.481 e. The quantitative estimate of drug-likeness (QED) is 0.650. The van der Waals surface area contributed by atoms with E-state index in [9.17, 15) is 14.0 Å². The van der Waals surface area contributed by atoms with Gasteiger partial charge in [0.15, 0.2) is 17.6 Å². The molecule has 0 aliphatic carbocycles. The van der Waals surface area contributed by atoms with Crippen LogP contribution in [0.4, 0.5) is 10.1 Å². The molecule has 0 bridgehead atoms. The van der Waals surface area contributed by atoms with Crippen molar-refractivity contribution >= 4 is 17.5 Å². The van der Waals surface area contributed by atoms with Crippen LogP contribution in [0.3, 0.4) is 0 Å². The molecule has 1 unspecified atom stereocenters. The zero-order valence-electron chi connectivity index (χ0n) is 17.8. The van der Waals surface area contributed by atoms with Crippen LogP contribution in [-0.2, 0) is 17.9 Å². The van der Waals surface area contributed by atoms with Gasteiger partial charge in [0.05, 0.1) is 0 Å². The van der Waals surface area contributed by atoms with Crippen LogP contribution in [0.5, 0.6) is 17.2 Å². The number of hydrogen-bond acceptors (Lipinski definition) is 5. The van der Waals surface area contributed by atoms with Gasteiger partial charge >= 0.3 is 0 Å². The highest BCUT2D eigenvalue weighted by atomic mass is 19.1. The summed E-state index contributed by atoms with van der Waals surface area (Å²) in [5.41, 5.74) is 2.59. The molecule has 2 amide bonds. The fourth-order valence-corrected chi connectivity index (χ4v) is 3.86. The average Bonchev–Trinajstić information content (AvgIpc) is 3.25. The van der Waals surface area contributed by atoms with Gasteiger partial charge in [-0.15, -0.1) is 0 Å². The largest absolute Gasteiger partial charge is 0.481 e. The van der Waals surface area contributed by atoms with Crippen LogP contribution in [0.25, 0.3) is 0 Å². The summed E-state index contributed by atoms with van der Waals surface area (Å²) in [5, 5.41) is 2.88. The molecule has 7 nitrogen and oxygen atoms in total. The first-order chi connectivity index (χ1) is 16.0. The number of fused-ring (bicyclic) bond motifs is 2. The summed E-state index contributed by atoms with van der Waals surface area (Å²) in [4.78, 5) is 27.3. The van der Waals surface area contributed by atoms with Gasteiger partial charge in [0, 0.05) is 29.9 Å². The number of ether oxygens (including phenoxy) is 3. The van der Waals surface area contributed by atoms with Crippen molar-refractivity contribution in [2.45, 2.75) is 26.1 Å². The molecule has 0 spiro atoms. The lowest BCUT2D eigenvalue weighted by molar-refractivity contribution is -0.138. The third kappa shape index (κ3) is 4.32. The number of carbonyl (C=O) groups excluding carboxylic acids is 2. The van der Waals surface area contributed by atoms with E-state index in [4.69, 9.17) is 14.2 Å². The molecule has 8 heteroatoms. The number of carbonyl (C=O) groups is 2. The van der Waals surface area contributed by atoms with E-state index in [2.05, 4.69) is 5.32 Å². The fourth-order valence-electron chi connectivity index (χ4n) is 3.86. The van der Waals surface area contributed by atoms with Gasteiger partial charge in [-0.1, -0.05) is 12.1 Å². The Hall–Kier alpha value is -4.07.